The first kappa shape index (κ1) is 13.3. The molecule has 0 bridgehead atoms. The van der Waals surface area contributed by atoms with E-state index in [2.05, 4.69) is 45.8 Å². The molecule has 0 saturated carbocycles. The zero-order chi connectivity index (χ0) is 13.9. The zero-order valence-corrected chi connectivity index (χ0v) is 12.2. The van der Waals surface area contributed by atoms with Gasteiger partial charge in [0.05, 0.1) is 12.7 Å². The second-order valence-electron chi connectivity index (χ2n) is 5.74. The summed E-state index contributed by atoms with van der Waals surface area (Å²) in [6, 6.07) is 5.19. The Morgan fingerprint density at radius 1 is 1.40 bits per heavy atom. The van der Waals surface area contributed by atoms with E-state index in [0.29, 0.717) is 12.1 Å². The van der Waals surface area contributed by atoms with Crippen molar-refractivity contribution in [2.75, 3.05) is 6.54 Å². The highest BCUT2D eigenvalue weighted by Crippen LogP contribution is 2.29. The van der Waals surface area contributed by atoms with Crippen molar-refractivity contribution in [2.24, 2.45) is 0 Å². The lowest BCUT2D eigenvalue weighted by molar-refractivity contribution is 0.173. The van der Waals surface area contributed by atoms with E-state index in [9.17, 15) is 0 Å². The summed E-state index contributed by atoms with van der Waals surface area (Å²) >= 11 is 0. The first-order valence-corrected chi connectivity index (χ1v) is 7.39. The van der Waals surface area contributed by atoms with Gasteiger partial charge >= 0.3 is 0 Å². The summed E-state index contributed by atoms with van der Waals surface area (Å²) < 4.78 is 2.08. The van der Waals surface area contributed by atoms with Crippen molar-refractivity contribution in [1.29, 1.82) is 0 Å². The van der Waals surface area contributed by atoms with Gasteiger partial charge in [0.1, 0.15) is 0 Å². The predicted octanol–water partition coefficient (Wildman–Crippen LogP) is 2.81. The Balaban J connectivity index is 1.72. The molecule has 0 amide bonds. The molecule has 0 aromatic carbocycles. The van der Waals surface area contributed by atoms with Crippen LogP contribution in [-0.2, 0) is 6.54 Å². The molecule has 1 saturated heterocycles. The van der Waals surface area contributed by atoms with E-state index in [0.717, 1.165) is 6.54 Å². The van der Waals surface area contributed by atoms with Crippen LogP contribution in [0.5, 0.6) is 0 Å². The Morgan fingerprint density at radius 3 is 3.00 bits per heavy atom. The van der Waals surface area contributed by atoms with Crippen molar-refractivity contribution in [3.05, 3.63) is 48.0 Å². The molecule has 20 heavy (non-hydrogen) atoms. The monoisotopic (exact) mass is 270 g/mol. The van der Waals surface area contributed by atoms with Crippen LogP contribution in [0, 0.1) is 6.92 Å². The average Bonchev–Trinajstić information content (AvgIpc) is 3.09. The summed E-state index contributed by atoms with van der Waals surface area (Å²) in [5, 5.41) is 4.42. The lowest BCUT2D eigenvalue weighted by atomic mass is 10.1. The zero-order valence-electron chi connectivity index (χ0n) is 12.2. The van der Waals surface area contributed by atoms with Gasteiger partial charge in [-0.25, -0.2) is 0 Å². The van der Waals surface area contributed by atoms with Gasteiger partial charge in [-0.15, -0.1) is 0 Å². The van der Waals surface area contributed by atoms with Gasteiger partial charge in [-0.3, -0.25) is 14.6 Å². The first-order valence-electron chi connectivity index (χ1n) is 7.39. The molecular formula is C16H22N4. The quantitative estimate of drug-likeness (QED) is 0.856. The van der Waals surface area contributed by atoms with E-state index in [1.807, 2.05) is 24.7 Å². The van der Waals surface area contributed by atoms with Gasteiger partial charge in [0.15, 0.2) is 0 Å². The maximum absolute atomic E-state index is 4.42. The number of rotatable bonds is 4. The topological polar surface area (TPSA) is 34.0 Å². The van der Waals surface area contributed by atoms with Crippen LogP contribution in [0.4, 0.5) is 0 Å². The molecule has 3 heterocycles. The molecule has 0 N–H and O–H groups in total. The number of pyridine rings is 1. The van der Waals surface area contributed by atoms with E-state index in [-0.39, 0.29) is 0 Å². The first-order chi connectivity index (χ1) is 9.74. The molecule has 106 valence electrons. The Kier molecular flexibility index (Phi) is 3.83. The van der Waals surface area contributed by atoms with E-state index < -0.39 is 0 Å². The minimum Gasteiger partial charge on any atom is -0.292 e. The lowest BCUT2D eigenvalue weighted by Gasteiger charge is -2.30. The summed E-state index contributed by atoms with van der Waals surface area (Å²) in [7, 11) is 0. The molecule has 4 heteroatoms. The van der Waals surface area contributed by atoms with Crippen molar-refractivity contribution in [1.82, 2.24) is 19.7 Å². The van der Waals surface area contributed by atoms with Crippen LogP contribution in [0.25, 0.3) is 0 Å². The maximum Gasteiger partial charge on any atom is 0.0565 e. The smallest absolute Gasteiger partial charge is 0.0565 e. The number of likely N-dealkylation sites (tertiary alicyclic amines) is 1. The Morgan fingerprint density at radius 2 is 2.30 bits per heavy atom. The highest BCUT2D eigenvalue weighted by molar-refractivity contribution is 5.14. The largest absolute Gasteiger partial charge is 0.292 e. The highest BCUT2D eigenvalue weighted by Gasteiger charge is 2.29. The summed E-state index contributed by atoms with van der Waals surface area (Å²) in [6.07, 6.45) is 10.4. The van der Waals surface area contributed by atoms with Gasteiger partial charge < -0.3 is 0 Å². The molecule has 2 atom stereocenters. The lowest BCUT2D eigenvalue weighted by Crippen LogP contribution is -2.35. The Hall–Kier alpha value is -1.68. The molecule has 0 radical (unpaired) electrons. The van der Waals surface area contributed by atoms with Crippen LogP contribution in [0.2, 0.25) is 0 Å². The van der Waals surface area contributed by atoms with Crippen LogP contribution in [0.15, 0.2) is 36.9 Å². The third-order valence-electron chi connectivity index (χ3n) is 4.25. The number of aromatic nitrogens is 3. The Bertz CT molecular complexity index is 549. The van der Waals surface area contributed by atoms with Crippen LogP contribution in [0.3, 0.4) is 0 Å². The summed E-state index contributed by atoms with van der Waals surface area (Å²) in [5.41, 5.74) is 2.53. The van der Waals surface area contributed by atoms with Gasteiger partial charge in [0.2, 0.25) is 0 Å². The van der Waals surface area contributed by atoms with Crippen LogP contribution >= 0.6 is 0 Å². The fourth-order valence-corrected chi connectivity index (χ4v) is 3.16. The second kappa shape index (κ2) is 5.75. The average molecular weight is 270 g/mol. The van der Waals surface area contributed by atoms with Gasteiger partial charge in [-0.1, -0.05) is 6.07 Å². The van der Waals surface area contributed by atoms with Gasteiger partial charge in [-0.05, 0) is 50.4 Å². The second-order valence-corrected chi connectivity index (χ2v) is 5.74. The molecule has 2 aromatic heterocycles. The van der Waals surface area contributed by atoms with E-state index >= 15 is 0 Å². The number of hydrogen-bond acceptors (Lipinski definition) is 3. The van der Waals surface area contributed by atoms with Gasteiger partial charge in [-0.2, -0.15) is 5.10 Å². The van der Waals surface area contributed by atoms with Crippen molar-refractivity contribution < 1.29 is 0 Å². The van der Waals surface area contributed by atoms with E-state index in [4.69, 9.17) is 0 Å². The standard InChI is InChI=1S/C16H22N4/c1-13-9-18-19(11-13)12-16-6-4-8-20(16)14(2)15-5-3-7-17-10-15/h3,5,7,9-11,14,16H,4,6,8,12H2,1-2H3/t14-,16-/m0/s1. The van der Waals surface area contributed by atoms with Crippen molar-refractivity contribution in [3.63, 3.8) is 0 Å². The van der Waals surface area contributed by atoms with Gasteiger partial charge in [0.25, 0.3) is 0 Å². The highest BCUT2D eigenvalue weighted by atomic mass is 15.3. The normalized spacial score (nSPS) is 21.2. The molecule has 1 aliphatic heterocycles. The third-order valence-corrected chi connectivity index (χ3v) is 4.25. The van der Waals surface area contributed by atoms with E-state index in [1.165, 1.54) is 30.5 Å². The number of nitrogens with zero attached hydrogens (tertiary/aromatic N) is 4. The fraction of sp³-hybridized carbons (Fsp3) is 0.500. The SMILES string of the molecule is Cc1cnn(C[C@@H]2CCCN2[C@@H](C)c2cccnc2)c1. The molecule has 0 aliphatic carbocycles. The molecular weight excluding hydrogens is 248 g/mol. The summed E-state index contributed by atoms with van der Waals surface area (Å²) in [5.74, 6) is 0. The molecule has 0 spiro atoms. The van der Waals surface area contributed by atoms with Crippen LogP contribution in [0.1, 0.15) is 36.9 Å². The van der Waals surface area contributed by atoms with Crippen molar-refractivity contribution >= 4 is 0 Å². The Labute approximate surface area is 120 Å². The maximum atomic E-state index is 4.42. The third kappa shape index (κ3) is 2.75. The van der Waals surface area contributed by atoms with Crippen molar-refractivity contribution in [3.8, 4) is 0 Å². The summed E-state index contributed by atoms with van der Waals surface area (Å²) in [6.45, 7) is 6.53. The molecule has 3 rings (SSSR count). The molecule has 2 aromatic rings. The van der Waals surface area contributed by atoms with Crippen LogP contribution in [-0.4, -0.2) is 32.3 Å². The van der Waals surface area contributed by atoms with E-state index in [1.54, 1.807) is 0 Å². The predicted molar refractivity (Wildman–Crippen MR) is 79.3 cm³/mol. The number of aryl methyl sites for hydroxylation is 1. The van der Waals surface area contributed by atoms with Crippen LogP contribution < -0.4 is 0 Å². The fourth-order valence-electron chi connectivity index (χ4n) is 3.16. The van der Waals surface area contributed by atoms with Crippen molar-refractivity contribution in [2.45, 2.75) is 45.3 Å². The number of hydrogen-bond donors (Lipinski definition) is 0. The minimum absolute atomic E-state index is 0.424. The molecule has 0 unspecified atom stereocenters. The molecule has 1 aliphatic rings. The molecule has 4 nitrogen and oxygen atoms in total. The molecule has 1 fully saturated rings. The minimum atomic E-state index is 0.424. The summed E-state index contributed by atoms with van der Waals surface area (Å²) in [4.78, 5) is 6.84. The van der Waals surface area contributed by atoms with Gasteiger partial charge in [0, 0.05) is 30.7 Å².